The normalized spacial score (nSPS) is 17.9. The Balaban J connectivity index is 2.61. The maximum atomic E-state index is 11.8. The van der Waals surface area contributed by atoms with Crippen LogP contribution in [0.15, 0.2) is 18.2 Å². The molecule has 0 aromatic heterocycles. The Morgan fingerprint density at radius 3 is 2.47 bits per heavy atom. The summed E-state index contributed by atoms with van der Waals surface area (Å²) in [5.41, 5.74) is 8.67. The highest BCUT2D eigenvalue weighted by Crippen LogP contribution is 2.36. The fourth-order valence-corrected chi connectivity index (χ4v) is 2.67. The van der Waals surface area contributed by atoms with Crippen molar-refractivity contribution >= 4 is 5.91 Å². The molecule has 1 aliphatic heterocycles. The second-order valence-electron chi connectivity index (χ2n) is 5.24. The van der Waals surface area contributed by atoms with Gasteiger partial charge in [-0.1, -0.05) is 32.0 Å². The van der Waals surface area contributed by atoms with Crippen LogP contribution in [0.25, 0.3) is 0 Å². The lowest BCUT2D eigenvalue weighted by atomic mass is 9.69. The number of amides is 1. The van der Waals surface area contributed by atoms with Gasteiger partial charge in [0.25, 0.3) is 0 Å². The van der Waals surface area contributed by atoms with Crippen LogP contribution in [-0.2, 0) is 10.2 Å². The van der Waals surface area contributed by atoms with Crippen LogP contribution in [0, 0.1) is 6.92 Å². The second kappa shape index (κ2) is 4.15. The van der Waals surface area contributed by atoms with Crippen LogP contribution in [0.5, 0.6) is 0 Å². The Morgan fingerprint density at radius 1 is 1.41 bits per heavy atom. The van der Waals surface area contributed by atoms with E-state index in [1.807, 2.05) is 0 Å². The lowest BCUT2D eigenvalue weighted by Crippen LogP contribution is -2.64. The van der Waals surface area contributed by atoms with E-state index >= 15 is 0 Å². The van der Waals surface area contributed by atoms with E-state index in [0.29, 0.717) is 19.0 Å². The zero-order chi connectivity index (χ0) is 12.6. The van der Waals surface area contributed by atoms with Crippen LogP contribution in [0.4, 0.5) is 0 Å². The molecule has 0 aliphatic carbocycles. The number of hydrogen-bond acceptors (Lipinski definition) is 2. The number of primary amides is 1. The zero-order valence-electron chi connectivity index (χ0n) is 10.7. The molecule has 0 unspecified atom stereocenters. The van der Waals surface area contributed by atoms with Crippen molar-refractivity contribution in [3.8, 4) is 0 Å². The monoisotopic (exact) mass is 232 g/mol. The first-order chi connectivity index (χ1) is 7.99. The van der Waals surface area contributed by atoms with E-state index in [2.05, 4.69) is 44.3 Å². The molecule has 0 radical (unpaired) electrons. The van der Waals surface area contributed by atoms with Crippen LogP contribution in [0.3, 0.4) is 0 Å². The first-order valence-electron chi connectivity index (χ1n) is 6.09. The lowest BCUT2D eigenvalue weighted by molar-refractivity contribution is -0.125. The van der Waals surface area contributed by atoms with Gasteiger partial charge in [-0.15, -0.1) is 0 Å². The summed E-state index contributed by atoms with van der Waals surface area (Å²) in [6, 6.07) is 6.22. The quantitative estimate of drug-likeness (QED) is 0.828. The topological polar surface area (TPSA) is 55.1 Å². The predicted octanol–water partition coefficient (Wildman–Crippen LogP) is 1.44. The molecule has 0 saturated carbocycles. The number of aryl methyl sites for hydroxylation is 1. The summed E-state index contributed by atoms with van der Waals surface area (Å²) in [6.07, 6.45) is 0. The second-order valence-corrected chi connectivity index (χ2v) is 5.24. The Bertz CT molecular complexity index is 448. The van der Waals surface area contributed by atoms with E-state index in [9.17, 15) is 4.79 Å². The summed E-state index contributed by atoms with van der Waals surface area (Å²) in [5.74, 6) is 0.189. The van der Waals surface area contributed by atoms with E-state index in [1.165, 1.54) is 5.56 Å². The summed E-state index contributed by atoms with van der Waals surface area (Å²) in [4.78, 5) is 11.8. The Labute approximate surface area is 102 Å². The number of carbonyl (C=O) groups excluding carboxylic acids is 1. The van der Waals surface area contributed by atoms with Gasteiger partial charge in [-0.25, -0.2) is 0 Å². The van der Waals surface area contributed by atoms with Gasteiger partial charge < -0.3 is 11.1 Å². The standard InChI is InChI=1S/C14H20N2O/c1-9(2)11-6-4-5-10(3)12(11)14(13(15)17)7-16-8-14/h4-6,9,16H,7-8H2,1-3H3,(H2,15,17). The van der Waals surface area contributed by atoms with Crippen molar-refractivity contribution in [1.29, 1.82) is 0 Å². The van der Waals surface area contributed by atoms with Crippen LogP contribution in [0.2, 0.25) is 0 Å². The highest BCUT2D eigenvalue weighted by Gasteiger charge is 2.46. The van der Waals surface area contributed by atoms with Crippen LogP contribution in [-0.4, -0.2) is 19.0 Å². The van der Waals surface area contributed by atoms with Gasteiger partial charge in [0.15, 0.2) is 0 Å². The molecular weight excluding hydrogens is 212 g/mol. The summed E-state index contributed by atoms with van der Waals surface area (Å²) < 4.78 is 0. The highest BCUT2D eigenvalue weighted by atomic mass is 16.1. The van der Waals surface area contributed by atoms with E-state index in [-0.39, 0.29) is 5.91 Å². The average Bonchev–Trinajstić information content (AvgIpc) is 2.17. The van der Waals surface area contributed by atoms with Crippen molar-refractivity contribution < 1.29 is 4.79 Å². The van der Waals surface area contributed by atoms with Crippen molar-refractivity contribution in [2.24, 2.45) is 5.73 Å². The Hall–Kier alpha value is -1.35. The molecule has 92 valence electrons. The molecule has 1 aromatic carbocycles. The predicted molar refractivity (Wildman–Crippen MR) is 69.0 cm³/mol. The molecule has 2 rings (SSSR count). The fraction of sp³-hybridized carbons (Fsp3) is 0.500. The molecule has 3 heteroatoms. The van der Waals surface area contributed by atoms with Gasteiger partial charge in [0.05, 0.1) is 5.41 Å². The number of benzene rings is 1. The molecule has 1 heterocycles. The van der Waals surface area contributed by atoms with Gasteiger partial charge in [0.2, 0.25) is 5.91 Å². The minimum atomic E-state index is -0.495. The molecule has 1 amide bonds. The number of hydrogen-bond donors (Lipinski definition) is 2. The summed E-state index contributed by atoms with van der Waals surface area (Å²) in [5, 5.41) is 3.17. The van der Waals surface area contributed by atoms with Gasteiger partial charge >= 0.3 is 0 Å². The maximum Gasteiger partial charge on any atom is 0.230 e. The number of carbonyl (C=O) groups is 1. The molecule has 17 heavy (non-hydrogen) atoms. The fourth-order valence-electron chi connectivity index (χ4n) is 2.67. The van der Waals surface area contributed by atoms with E-state index in [0.717, 1.165) is 11.1 Å². The van der Waals surface area contributed by atoms with Crippen LogP contribution < -0.4 is 11.1 Å². The molecule has 3 N–H and O–H groups in total. The molecule has 1 saturated heterocycles. The largest absolute Gasteiger partial charge is 0.369 e. The highest BCUT2D eigenvalue weighted by molar-refractivity contribution is 5.89. The minimum absolute atomic E-state index is 0.215. The van der Waals surface area contributed by atoms with Crippen molar-refractivity contribution in [3.05, 3.63) is 34.9 Å². The minimum Gasteiger partial charge on any atom is -0.369 e. The van der Waals surface area contributed by atoms with Gasteiger partial charge in [-0.05, 0) is 29.5 Å². The van der Waals surface area contributed by atoms with Gasteiger partial charge in [-0.2, -0.15) is 0 Å². The summed E-state index contributed by atoms with van der Waals surface area (Å²) >= 11 is 0. The number of nitrogens with one attached hydrogen (secondary N) is 1. The van der Waals surface area contributed by atoms with Crippen molar-refractivity contribution in [2.75, 3.05) is 13.1 Å². The third-order valence-electron chi connectivity index (χ3n) is 3.73. The van der Waals surface area contributed by atoms with Crippen molar-refractivity contribution in [1.82, 2.24) is 5.32 Å². The number of rotatable bonds is 3. The van der Waals surface area contributed by atoms with Crippen LogP contribution in [0.1, 0.15) is 36.5 Å². The first kappa shape index (κ1) is 12.1. The Morgan fingerprint density at radius 2 is 2.06 bits per heavy atom. The third kappa shape index (κ3) is 1.75. The smallest absolute Gasteiger partial charge is 0.230 e. The first-order valence-corrected chi connectivity index (χ1v) is 6.09. The van der Waals surface area contributed by atoms with Crippen molar-refractivity contribution in [3.63, 3.8) is 0 Å². The van der Waals surface area contributed by atoms with Crippen LogP contribution >= 0.6 is 0 Å². The van der Waals surface area contributed by atoms with Gasteiger partial charge in [0.1, 0.15) is 0 Å². The summed E-state index contributed by atoms with van der Waals surface area (Å²) in [7, 11) is 0. The molecule has 3 nitrogen and oxygen atoms in total. The summed E-state index contributed by atoms with van der Waals surface area (Å²) in [6.45, 7) is 7.68. The molecule has 1 fully saturated rings. The van der Waals surface area contributed by atoms with E-state index in [1.54, 1.807) is 0 Å². The Kier molecular flexibility index (Phi) is 2.96. The maximum absolute atomic E-state index is 11.8. The molecule has 1 aromatic rings. The van der Waals surface area contributed by atoms with E-state index < -0.39 is 5.41 Å². The average molecular weight is 232 g/mol. The van der Waals surface area contributed by atoms with Crippen molar-refractivity contribution in [2.45, 2.75) is 32.1 Å². The zero-order valence-corrected chi connectivity index (χ0v) is 10.7. The molecule has 1 aliphatic rings. The molecular formula is C14H20N2O. The van der Waals surface area contributed by atoms with Gasteiger partial charge in [0, 0.05) is 13.1 Å². The number of nitrogens with two attached hydrogens (primary N) is 1. The molecule has 0 spiro atoms. The molecule has 0 atom stereocenters. The lowest BCUT2D eigenvalue weighted by Gasteiger charge is -2.42. The van der Waals surface area contributed by atoms with E-state index in [4.69, 9.17) is 5.73 Å². The SMILES string of the molecule is Cc1cccc(C(C)C)c1C1(C(N)=O)CNC1. The van der Waals surface area contributed by atoms with Gasteiger partial charge in [-0.3, -0.25) is 4.79 Å². The molecule has 0 bridgehead atoms. The third-order valence-corrected chi connectivity index (χ3v) is 3.73.